The van der Waals surface area contributed by atoms with Gasteiger partial charge in [-0.15, -0.1) is 0 Å². The number of methoxy groups -OCH3 is 1. The number of ether oxygens (including phenoxy) is 1. The molecule has 0 aromatic heterocycles. The second-order valence-corrected chi connectivity index (χ2v) is 8.67. The van der Waals surface area contributed by atoms with Gasteiger partial charge in [-0.2, -0.15) is 0 Å². The molecule has 2 aromatic carbocycles. The molecule has 0 amide bonds. The fraction of sp³-hybridized carbons (Fsp3) is 0.478. The summed E-state index contributed by atoms with van der Waals surface area (Å²) in [5, 5.41) is 4.59. The van der Waals surface area contributed by atoms with Gasteiger partial charge >= 0.3 is 0 Å². The molecule has 28 heavy (non-hydrogen) atoms. The summed E-state index contributed by atoms with van der Waals surface area (Å²) >= 11 is 6.34. The summed E-state index contributed by atoms with van der Waals surface area (Å²) in [6.07, 6.45) is 5.09. The number of hydrogen-bond acceptors (Lipinski definition) is 4. The lowest BCUT2D eigenvalue weighted by Crippen LogP contribution is -2.48. The molecule has 4 nitrogen and oxygen atoms in total. The molecule has 3 aliphatic heterocycles. The van der Waals surface area contributed by atoms with Crippen molar-refractivity contribution in [3.63, 3.8) is 0 Å². The van der Waals surface area contributed by atoms with Crippen molar-refractivity contribution in [3.8, 4) is 5.75 Å². The van der Waals surface area contributed by atoms with E-state index < -0.39 is 0 Å². The Labute approximate surface area is 172 Å². The van der Waals surface area contributed by atoms with Gasteiger partial charge in [0.2, 0.25) is 0 Å². The van der Waals surface area contributed by atoms with Crippen LogP contribution >= 0.6 is 11.6 Å². The Hall–Kier alpha value is -1.91. The fourth-order valence-electron chi connectivity index (χ4n) is 5.24. The SMILES string of the molecule is COc1ccccc1C1CCN(CC2Nc3cc(Cl)cc4c3N2CCC4)CC1. The van der Waals surface area contributed by atoms with E-state index in [0.717, 1.165) is 43.4 Å². The Bertz CT molecular complexity index is 863. The first-order chi connectivity index (χ1) is 13.7. The number of para-hydroxylation sites is 1. The van der Waals surface area contributed by atoms with Crippen molar-refractivity contribution in [2.24, 2.45) is 0 Å². The zero-order chi connectivity index (χ0) is 19.1. The highest BCUT2D eigenvalue weighted by molar-refractivity contribution is 6.31. The summed E-state index contributed by atoms with van der Waals surface area (Å²) < 4.78 is 5.58. The van der Waals surface area contributed by atoms with E-state index in [0.29, 0.717) is 12.1 Å². The number of halogens is 1. The Morgan fingerprint density at radius 2 is 1.96 bits per heavy atom. The molecular formula is C23H28ClN3O. The van der Waals surface area contributed by atoms with E-state index in [9.17, 15) is 0 Å². The predicted octanol–water partition coefficient (Wildman–Crippen LogP) is 4.73. The van der Waals surface area contributed by atoms with E-state index >= 15 is 0 Å². The Morgan fingerprint density at radius 1 is 1.14 bits per heavy atom. The second-order valence-electron chi connectivity index (χ2n) is 8.23. The number of aryl methyl sites for hydroxylation is 1. The first kappa shape index (κ1) is 18.1. The standard InChI is InChI=1S/C23H28ClN3O/c1-28-21-7-3-2-6-19(21)16-8-11-26(12-9-16)15-22-25-20-14-18(24)13-17-5-4-10-27(22)23(17)20/h2-3,6-7,13-14,16,22,25H,4-5,8-12,15H2,1H3. The van der Waals surface area contributed by atoms with E-state index in [4.69, 9.17) is 16.3 Å². The van der Waals surface area contributed by atoms with Gasteiger partial charge in [0.05, 0.1) is 18.5 Å². The Morgan fingerprint density at radius 3 is 2.79 bits per heavy atom. The molecule has 5 rings (SSSR count). The first-order valence-electron chi connectivity index (χ1n) is 10.4. The maximum absolute atomic E-state index is 6.34. The molecular weight excluding hydrogens is 370 g/mol. The molecule has 3 heterocycles. The van der Waals surface area contributed by atoms with Gasteiger partial charge in [0, 0.05) is 18.1 Å². The summed E-state index contributed by atoms with van der Waals surface area (Å²) in [4.78, 5) is 5.18. The molecule has 5 heteroatoms. The van der Waals surface area contributed by atoms with Crippen LogP contribution in [0.4, 0.5) is 11.4 Å². The van der Waals surface area contributed by atoms with Gasteiger partial charge in [-0.3, -0.25) is 4.90 Å². The highest BCUT2D eigenvalue weighted by Crippen LogP contribution is 2.43. The molecule has 1 unspecified atom stereocenters. The second kappa shape index (κ2) is 7.49. The highest BCUT2D eigenvalue weighted by Gasteiger charge is 2.35. The minimum absolute atomic E-state index is 0.357. The predicted molar refractivity (Wildman–Crippen MR) is 116 cm³/mol. The highest BCUT2D eigenvalue weighted by atomic mass is 35.5. The number of rotatable bonds is 4. The summed E-state index contributed by atoms with van der Waals surface area (Å²) in [5.41, 5.74) is 5.38. The molecule has 0 bridgehead atoms. The number of piperidine rings is 1. The normalized spacial score (nSPS) is 22.1. The molecule has 2 aromatic rings. The van der Waals surface area contributed by atoms with Crippen LogP contribution in [-0.2, 0) is 6.42 Å². The third kappa shape index (κ3) is 3.23. The van der Waals surface area contributed by atoms with Gasteiger partial charge in [0.1, 0.15) is 11.9 Å². The third-order valence-electron chi connectivity index (χ3n) is 6.58. The summed E-state index contributed by atoms with van der Waals surface area (Å²) in [5.74, 6) is 1.63. The Balaban J connectivity index is 1.25. The lowest BCUT2D eigenvalue weighted by molar-refractivity contribution is 0.202. The zero-order valence-electron chi connectivity index (χ0n) is 16.5. The lowest BCUT2D eigenvalue weighted by Gasteiger charge is -2.37. The number of nitrogens with one attached hydrogen (secondary N) is 1. The molecule has 1 saturated heterocycles. The fourth-order valence-corrected chi connectivity index (χ4v) is 5.48. The van der Waals surface area contributed by atoms with Crippen LogP contribution in [0.25, 0.3) is 0 Å². The van der Waals surface area contributed by atoms with E-state index in [1.807, 2.05) is 0 Å². The van der Waals surface area contributed by atoms with Crippen LogP contribution in [0, 0.1) is 0 Å². The topological polar surface area (TPSA) is 27.7 Å². The van der Waals surface area contributed by atoms with Crippen LogP contribution in [0.1, 0.15) is 36.3 Å². The third-order valence-corrected chi connectivity index (χ3v) is 6.80. The lowest BCUT2D eigenvalue weighted by atomic mass is 9.89. The molecule has 0 radical (unpaired) electrons. The van der Waals surface area contributed by atoms with Gasteiger partial charge in [0.15, 0.2) is 0 Å². The maximum atomic E-state index is 6.34. The molecule has 1 N–H and O–H groups in total. The number of nitrogens with zero attached hydrogens (tertiary/aromatic N) is 2. The van der Waals surface area contributed by atoms with Crippen LogP contribution in [0.5, 0.6) is 5.75 Å². The van der Waals surface area contributed by atoms with Gasteiger partial charge in [0.25, 0.3) is 0 Å². The van der Waals surface area contributed by atoms with Crippen LogP contribution in [0.2, 0.25) is 5.02 Å². The minimum Gasteiger partial charge on any atom is -0.496 e. The molecule has 3 aliphatic rings. The first-order valence-corrected chi connectivity index (χ1v) is 10.8. The van der Waals surface area contributed by atoms with Crippen LogP contribution < -0.4 is 15.0 Å². The van der Waals surface area contributed by atoms with Crippen molar-refractivity contribution >= 4 is 23.0 Å². The zero-order valence-corrected chi connectivity index (χ0v) is 17.2. The average Bonchev–Trinajstić information content (AvgIpc) is 3.07. The minimum atomic E-state index is 0.357. The smallest absolute Gasteiger partial charge is 0.122 e. The largest absolute Gasteiger partial charge is 0.496 e. The maximum Gasteiger partial charge on any atom is 0.122 e. The molecule has 0 aliphatic carbocycles. The van der Waals surface area contributed by atoms with Gasteiger partial charge in [-0.05, 0) is 74.0 Å². The van der Waals surface area contributed by atoms with E-state index in [-0.39, 0.29) is 0 Å². The van der Waals surface area contributed by atoms with Gasteiger partial charge in [-0.1, -0.05) is 29.8 Å². The van der Waals surface area contributed by atoms with E-state index in [1.54, 1.807) is 7.11 Å². The quantitative estimate of drug-likeness (QED) is 0.806. The van der Waals surface area contributed by atoms with Gasteiger partial charge < -0.3 is 15.0 Å². The van der Waals surface area contributed by atoms with Crippen molar-refractivity contribution in [1.82, 2.24) is 4.90 Å². The Kier molecular flexibility index (Phi) is 4.85. The molecule has 0 spiro atoms. The average molecular weight is 398 g/mol. The van der Waals surface area contributed by atoms with Crippen LogP contribution in [0.15, 0.2) is 36.4 Å². The van der Waals surface area contributed by atoms with E-state index in [2.05, 4.69) is 51.5 Å². The van der Waals surface area contributed by atoms with Crippen molar-refractivity contribution < 1.29 is 4.74 Å². The molecule has 1 fully saturated rings. The number of benzene rings is 2. The number of likely N-dealkylation sites (tertiary alicyclic amines) is 1. The molecule has 148 valence electrons. The van der Waals surface area contributed by atoms with Crippen molar-refractivity contribution in [1.29, 1.82) is 0 Å². The molecule has 1 atom stereocenters. The number of hydrogen-bond donors (Lipinski definition) is 1. The van der Waals surface area contributed by atoms with Crippen LogP contribution in [0.3, 0.4) is 0 Å². The molecule has 0 saturated carbocycles. The summed E-state index contributed by atoms with van der Waals surface area (Å²) in [7, 11) is 1.77. The van der Waals surface area contributed by atoms with Crippen molar-refractivity contribution in [2.75, 3.05) is 43.5 Å². The summed E-state index contributed by atoms with van der Waals surface area (Å²) in [6.45, 7) is 4.47. The summed E-state index contributed by atoms with van der Waals surface area (Å²) in [6, 6.07) is 12.7. The van der Waals surface area contributed by atoms with Crippen molar-refractivity contribution in [2.45, 2.75) is 37.8 Å². The van der Waals surface area contributed by atoms with Crippen LogP contribution in [-0.4, -0.2) is 44.4 Å². The van der Waals surface area contributed by atoms with Gasteiger partial charge in [-0.25, -0.2) is 0 Å². The van der Waals surface area contributed by atoms with E-state index in [1.165, 1.54) is 41.8 Å². The number of anilines is 2. The van der Waals surface area contributed by atoms with Crippen molar-refractivity contribution in [3.05, 3.63) is 52.5 Å². The monoisotopic (exact) mass is 397 g/mol.